The highest BCUT2D eigenvalue weighted by molar-refractivity contribution is 9.10. The van der Waals surface area contributed by atoms with Crippen molar-refractivity contribution < 1.29 is 9.52 Å². The van der Waals surface area contributed by atoms with Crippen LogP contribution in [-0.2, 0) is 0 Å². The SMILES string of the molecule is O=c1oc2c(O)cccc2cc1-c1ccc(Br)cc1. The summed E-state index contributed by atoms with van der Waals surface area (Å²) in [6.07, 6.45) is 0. The number of benzene rings is 2. The monoisotopic (exact) mass is 316 g/mol. The van der Waals surface area contributed by atoms with Crippen LogP contribution in [0.4, 0.5) is 0 Å². The van der Waals surface area contributed by atoms with E-state index in [1.807, 2.05) is 24.3 Å². The van der Waals surface area contributed by atoms with Gasteiger partial charge in [0.2, 0.25) is 0 Å². The molecule has 0 amide bonds. The number of phenols is 1. The van der Waals surface area contributed by atoms with Gasteiger partial charge >= 0.3 is 5.63 Å². The summed E-state index contributed by atoms with van der Waals surface area (Å²) in [5.74, 6) is -0.0306. The molecule has 19 heavy (non-hydrogen) atoms. The fourth-order valence-electron chi connectivity index (χ4n) is 1.96. The molecule has 0 aliphatic heterocycles. The molecule has 3 nitrogen and oxygen atoms in total. The van der Waals surface area contributed by atoms with Crippen molar-refractivity contribution in [3.05, 3.63) is 63.4 Å². The van der Waals surface area contributed by atoms with Crippen molar-refractivity contribution in [2.75, 3.05) is 0 Å². The zero-order valence-corrected chi connectivity index (χ0v) is 11.3. The Balaban J connectivity index is 2.28. The summed E-state index contributed by atoms with van der Waals surface area (Å²) in [7, 11) is 0. The van der Waals surface area contributed by atoms with E-state index in [2.05, 4.69) is 15.9 Å². The number of hydrogen-bond donors (Lipinski definition) is 1. The minimum Gasteiger partial charge on any atom is -0.504 e. The van der Waals surface area contributed by atoms with Gasteiger partial charge in [-0.25, -0.2) is 4.79 Å². The van der Waals surface area contributed by atoms with Crippen molar-refractivity contribution in [3.63, 3.8) is 0 Å². The molecule has 1 heterocycles. The van der Waals surface area contributed by atoms with Gasteiger partial charge in [0, 0.05) is 9.86 Å². The van der Waals surface area contributed by atoms with Gasteiger partial charge in [0.25, 0.3) is 0 Å². The summed E-state index contributed by atoms with van der Waals surface area (Å²) in [5.41, 5.74) is 1.01. The molecular weight excluding hydrogens is 308 g/mol. The van der Waals surface area contributed by atoms with Crippen LogP contribution in [-0.4, -0.2) is 5.11 Å². The first-order valence-corrected chi connectivity index (χ1v) is 6.46. The van der Waals surface area contributed by atoms with E-state index >= 15 is 0 Å². The third kappa shape index (κ3) is 2.15. The lowest BCUT2D eigenvalue weighted by molar-refractivity contribution is 0.457. The van der Waals surface area contributed by atoms with Crippen molar-refractivity contribution >= 4 is 26.9 Å². The third-order valence-corrected chi connectivity index (χ3v) is 3.42. The summed E-state index contributed by atoms with van der Waals surface area (Å²) in [6, 6.07) is 14.1. The number of para-hydroxylation sites is 1. The number of rotatable bonds is 1. The van der Waals surface area contributed by atoms with Crippen LogP contribution in [0.15, 0.2) is 62.2 Å². The van der Waals surface area contributed by atoms with E-state index in [0.717, 1.165) is 10.0 Å². The molecule has 3 rings (SSSR count). The van der Waals surface area contributed by atoms with Crippen LogP contribution in [0.5, 0.6) is 5.75 Å². The molecule has 0 fully saturated rings. The van der Waals surface area contributed by atoms with Gasteiger partial charge in [0.15, 0.2) is 11.3 Å². The molecule has 1 N–H and O–H groups in total. The van der Waals surface area contributed by atoms with E-state index in [-0.39, 0.29) is 11.3 Å². The maximum absolute atomic E-state index is 12.0. The van der Waals surface area contributed by atoms with Gasteiger partial charge < -0.3 is 9.52 Å². The molecular formula is C15H9BrO3. The summed E-state index contributed by atoms with van der Waals surface area (Å²) < 4.78 is 6.13. The van der Waals surface area contributed by atoms with Crippen molar-refractivity contribution in [1.29, 1.82) is 0 Å². The predicted molar refractivity (Wildman–Crippen MR) is 77.3 cm³/mol. The van der Waals surface area contributed by atoms with Gasteiger partial charge in [-0.3, -0.25) is 0 Å². The highest BCUT2D eigenvalue weighted by Crippen LogP contribution is 2.27. The number of phenolic OH excluding ortho intramolecular Hbond substituents is 1. The number of halogens is 1. The second kappa shape index (κ2) is 4.55. The largest absolute Gasteiger partial charge is 0.504 e. The third-order valence-electron chi connectivity index (χ3n) is 2.89. The molecule has 2 aromatic carbocycles. The highest BCUT2D eigenvalue weighted by atomic mass is 79.9. The molecule has 4 heteroatoms. The first kappa shape index (κ1) is 12.0. The van der Waals surface area contributed by atoms with Gasteiger partial charge in [0.1, 0.15) is 0 Å². The fourth-order valence-corrected chi connectivity index (χ4v) is 2.22. The van der Waals surface area contributed by atoms with Crippen LogP contribution < -0.4 is 5.63 Å². The molecule has 0 saturated carbocycles. The van der Waals surface area contributed by atoms with Crippen molar-refractivity contribution in [2.24, 2.45) is 0 Å². The average Bonchev–Trinajstić information content (AvgIpc) is 2.40. The molecule has 0 aliphatic carbocycles. The molecule has 3 aromatic rings. The molecule has 0 saturated heterocycles. The summed E-state index contributed by atoms with van der Waals surface area (Å²) in [5, 5.41) is 10.3. The lowest BCUT2D eigenvalue weighted by Crippen LogP contribution is -2.02. The van der Waals surface area contributed by atoms with E-state index in [1.54, 1.807) is 18.2 Å². The first-order valence-electron chi connectivity index (χ1n) is 5.67. The number of fused-ring (bicyclic) bond motifs is 1. The lowest BCUT2D eigenvalue weighted by Gasteiger charge is -2.03. The lowest BCUT2D eigenvalue weighted by atomic mass is 10.1. The van der Waals surface area contributed by atoms with Gasteiger partial charge in [-0.2, -0.15) is 0 Å². The Morgan fingerprint density at radius 2 is 1.79 bits per heavy atom. The Labute approximate surface area is 117 Å². The Hall–Kier alpha value is -2.07. The zero-order chi connectivity index (χ0) is 13.4. The Morgan fingerprint density at radius 1 is 1.05 bits per heavy atom. The number of aromatic hydroxyl groups is 1. The molecule has 94 valence electrons. The fraction of sp³-hybridized carbons (Fsp3) is 0. The van der Waals surface area contributed by atoms with Crippen LogP contribution in [0, 0.1) is 0 Å². The molecule has 0 atom stereocenters. The van der Waals surface area contributed by atoms with Crippen molar-refractivity contribution in [1.82, 2.24) is 0 Å². The standard InChI is InChI=1S/C15H9BrO3/c16-11-6-4-9(5-7-11)12-8-10-2-1-3-13(17)14(10)19-15(12)18/h1-8,17H. The molecule has 0 bridgehead atoms. The molecule has 0 aliphatic rings. The van der Waals surface area contributed by atoms with E-state index in [0.29, 0.717) is 10.9 Å². The minimum absolute atomic E-state index is 0.0306. The second-order valence-electron chi connectivity index (χ2n) is 4.15. The Bertz CT molecular complexity index is 804. The van der Waals surface area contributed by atoms with Gasteiger partial charge in [-0.1, -0.05) is 40.2 Å². The predicted octanol–water partition coefficient (Wildman–Crippen LogP) is 3.93. The van der Waals surface area contributed by atoms with E-state index in [9.17, 15) is 9.90 Å². The van der Waals surface area contributed by atoms with Crippen LogP contribution in [0.25, 0.3) is 22.1 Å². The Kier molecular flexibility index (Phi) is 2.87. The smallest absolute Gasteiger partial charge is 0.344 e. The summed E-state index contributed by atoms with van der Waals surface area (Å²) in [4.78, 5) is 12.0. The first-order chi connectivity index (χ1) is 9.15. The maximum Gasteiger partial charge on any atom is 0.344 e. The highest BCUT2D eigenvalue weighted by Gasteiger charge is 2.09. The van der Waals surface area contributed by atoms with E-state index < -0.39 is 5.63 Å². The van der Waals surface area contributed by atoms with Crippen LogP contribution in [0.3, 0.4) is 0 Å². The van der Waals surface area contributed by atoms with E-state index in [4.69, 9.17) is 4.42 Å². The maximum atomic E-state index is 12.0. The van der Waals surface area contributed by atoms with Crippen molar-refractivity contribution in [3.8, 4) is 16.9 Å². The normalized spacial score (nSPS) is 10.8. The topological polar surface area (TPSA) is 50.4 Å². The second-order valence-corrected chi connectivity index (χ2v) is 5.07. The van der Waals surface area contributed by atoms with Gasteiger partial charge in [-0.15, -0.1) is 0 Å². The molecule has 0 radical (unpaired) electrons. The zero-order valence-electron chi connectivity index (χ0n) is 9.76. The van der Waals surface area contributed by atoms with Gasteiger partial charge in [0.05, 0.1) is 5.56 Å². The summed E-state index contributed by atoms with van der Waals surface area (Å²) >= 11 is 3.35. The molecule has 0 spiro atoms. The quantitative estimate of drug-likeness (QED) is 0.692. The van der Waals surface area contributed by atoms with Crippen LogP contribution >= 0.6 is 15.9 Å². The van der Waals surface area contributed by atoms with E-state index in [1.165, 1.54) is 6.07 Å². The molecule has 1 aromatic heterocycles. The Morgan fingerprint density at radius 3 is 2.53 bits per heavy atom. The minimum atomic E-state index is -0.462. The number of hydrogen-bond acceptors (Lipinski definition) is 3. The molecule has 0 unspecified atom stereocenters. The van der Waals surface area contributed by atoms with Crippen molar-refractivity contribution in [2.45, 2.75) is 0 Å². The summed E-state index contributed by atoms with van der Waals surface area (Å²) in [6.45, 7) is 0. The van der Waals surface area contributed by atoms with Crippen LogP contribution in [0.2, 0.25) is 0 Å². The van der Waals surface area contributed by atoms with Crippen LogP contribution in [0.1, 0.15) is 0 Å². The average molecular weight is 317 g/mol. The van der Waals surface area contributed by atoms with Gasteiger partial charge in [-0.05, 0) is 29.8 Å².